The summed E-state index contributed by atoms with van der Waals surface area (Å²) in [6, 6.07) is 0. The molecular weight excluding hydrogens is 408 g/mol. The lowest BCUT2D eigenvalue weighted by atomic mass is 9.98. The Morgan fingerprint density at radius 1 is 1.13 bits per heavy atom. The Morgan fingerprint density at radius 2 is 1.94 bits per heavy atom. The summed E-state index contributed by atoms with van der Waals surface area (Å²) >= 11 is 1.80. The number of unbranched alkanes of at least 4 members (excludes halogenated alkanes) is 2. The SMILES string of the molecule is CCCCC(C)CC/C=C/C1CCC(OC(=O)CCC)=C1SCCC/C=C/C(=O)OC. The van der Waals surface area contributed by atoms with Gasteiger partial charge >= 0.3 is 11.9 Å². The van der Waals surface area contributed by atoms with Gasteiger partial charge in [0.05, 0.1) is 7.11 Å². The maximum atomic E-state index is 12.0. The van der Waals surface area contributed by atoms with Gasteiger partial charge in [-0.15, -0.1) is 11.8 Å². The molecular formula is C26H42O4S. The van der Waals surface area contributed by atoms with E-state index >= 15 is 0 Å². The number of methoxy groups -OCH3 is 1. The lowest BCUT2D eigenvalue weighted by Crippen LogP contribution is -2.04. The summed E-state index contributed by atoms with van der Waals surface area (Å²) in [6.07, 6.45) is 19.2. The average Bonchev–Trinajstić information content (AvgIpc) is 3.13. The monoisotopic (exact) mass is 450 g/mol. The van der Waals surface area contributed by atoms with Crippen LogP contribution in [-0.2, 0) is 19.1 Å². The molecule has 0 aromatic carbocycles. The largest absolute Gasteiger partial charge is 0.466 e. The zero-order chi connectivity index (χ0) is 22.9. The van der Waals surface area contributed by atoms with Gasteiger partial charge in [0.25, 0.3) is 0 Å². The third kappa shape index (κ3) is 12.2. The third-order valence-corrected chi connectivity index (χ3v) is 6.79. The molecule has 1 aliphatic carbocycles. The number of ether oxygens (including phenoxy) is 2. The fraction of sp³-hybridized carbons (Fsp3) is 0.692. The molecule has 0 fully saturated rings. The highest BCUT2D eigenvalue weighted by atomic mass is 32.2. The molecule has 0 aliphatic heterocycles. The first-order valence-electron chi connectivity index (χ1n) is 12.0. The predicted octanol–water partition coefficient (Wildman–Crippen LogP) is 7.36. The van der Waals surface area contributed by atoms with Crippen LogP contribution in [0.25, 0.3) is 0 Å². The van der Waals surface area contributed by atoms with Crippen LogP contribution in [0.15, 0.2) is 35.0 Å². The highest BCUT2D eigenvalue weighted by Gasteiger charge is 2.26. The van der Waals surface area contributed by atoms with Crippen LogP contribution in [0, 0.1) is 11.8 Å². The van der Waals surface area contributed by atoms with Crippen LogP contribution in [0.2, 0.25) is 0 Å². The van der Waals surface area contributed by atoms with E-state index in [1.54, 1.807) is 11.8 Å². The summed E-state index contributed by atoms with van der Waals surface area (Å²) in [7, 11) is 1.38. The molecule has 0 saturated heterocycles. The van der Waals surface area contributed by atoms with E-state index in [2.05, 4.69) is 30.7 Å². The van der Waals surface area contributed by atoms with Gasteiger partial charge in [0.2, 0.25) is 0 Å². The second kappa shape index (κ2) is 17.1. The van der Waals surface area contributed by atoms with Crippen LogP contribution in [0.1, 0.15) is 91.4 Å². The van der Waals surface area contributed by atoms with Gasteiger partial charge in [0, 0.05) is 29.7 Å². The van der Waals surface area contributed by atoms with Crippen molar-refractivity contribution in [2.24, 2.45) is 11.8 Å². The van der Waals surface area contributed by atoms with Gasteiger partial charge in [-0.05, 0) is 50.2 Å². The molecule has 31 heavy (non-hydrogen) atoms. The standard InChI is InChI=1S/C26H42O4S/c1-5-7-14-21(3)15-10-11-16-22-18-19-23(30-25(28)13-6-2)26(22)31-20-12-8-9-17-24(27)29-4/h9,11,16-17,21-22H,5-8,10,12-15,18-20H2,1-4H3/b16-11+,17-9+. The van der Waals surface area contributed by atoms with Crippen molar-refractivity contribution >= 4 is 23.7 Å². The van der Waals surface area contributed by atoms with E-state index in [1.807, 2.05) is 13.0 Å². The number of carbonyl (C=O) groups excluding carboxylic acids is 2. The maximum absolute atomic E-state index is 12.0. The molecule has 0 aromatic heterocycles. The first-order valence-corrected chi connectivity index (χ1v) is 13.0. The number of hydrogen-bond donors (Lipinski definition) is 0. The Hall–Kier alpha value is -1.49. The second-order valence-electron chi connectivity index (χ2n) is 8.33. The van der Waals surface area contributed by atoms with E-state index in [-0.39, 0.29) is 11.9 Å². The topological polar surface area (TPSA) is 52.6 Å². The number of thioether (sulfide) groups is 1. The minimum absolute atomic E-state index is 0.119. The van der Waals surface area contributed by atoms with E-state index in [1.165, 1.54) is 43.8 Å². The number of hydrogen-bond acceptors (Lipinski definition) is 5. The number of esters is 2. The van der Waals surface area contributed by atoms with E-state index in [0.717, 1.165) is 56.0 Å². The molecule has 0 bridgehead atoms. The molecule has 0 aromatic rings. The van der Waals surface area contributed by atoms with Crippen LogP contribution in [-0.4, -0.2) is 24.8 Å². The lowest BCUT2D eigenvalue weighted by molar-refractivity contribution is -0.139. The van der Waals surface area contributed by atoms with Gasteiger partial charge < -0.3 is 9.47 Å². The van der Waals surface area contributed by atoms with Gasteiger partial charge in [0.1, 0.15) is 5.76 Å². The van der Waals surface area contributed by atoms with Crippen molar-refractivity contribution in [2.45, 2.75) is 91.4 Å². The average molecular weight is 451 g/mol. The Labute approximate surface area is 193 Å². The molecule has 176 valence electrons. The van der Waals surface area contributed by atoms with Crippen LogP contribution < -0.4 is 0 Å². The van der Waals surface area contributed by atoms with E-state index in [9.17, 15) is 9.59 Å². The van der Waals surface area contributed by atoms with Crippen molar-refractivity contribution in [1.82, 2.24) is 0 Å². The fourth-order valence-corrected chi connectivity index (χ4v) is 4.83. The lowest BCUT2D eigenvalue weighted by Gasteiger charge is -2.12. The van der Waals surface area contributed by atoms with Crippen LogP contribution in [0.5, 0.6) is 0 Å². The molecule has 5 heteroatoms. The molecule has 0 spiro atoms. The molecule has 0 radical (unpaired) electrons. The van der Waals surface area contributed by atoms with Crippen LogP contribution in [0.4, 0.5) is 0 Å². The summed E-state index contributed by atoms with van der Waals surface area (Å²) in [5, 5.41) is 0. The molecule has 1 aliphatic rings. The predicted molar refractivity (Wildman–Crippen MR) is 131 cm³/mol. The van der Waals surface area contributed by atoms with E-state index in [4.69, 9.17) is 4.74 Å². The Balaban J connectivity index is 2.61. The fourth-order valence-electron chi connectivity index (χ4n) is 3.58. The summed E-state index contributed by atoms with van der Waals surface area (Å²) in [5.41, 5.74) is 0. The minimum Gasteiger partial charge on any atom is -0.466 e. The van der Waals surface area contributed by atoms with Gasteiger partial charge in [-0.25, -0.2) is 4.79 Å². The number of rotatable bonds is 16. The van der Waals surface area contributed by atoms with Crippen molar-refractivity contribution in [3.8, 4) is 0 Å². The third-order valence-electron chi connectivity index (χ3n) is 5.46. The molecule has 2 unspecified atom stereocenters. The highest BCUT2D eigenvalue weighted by Crippen LogP contribution is 2.41. The Bertz CT molecular complexity index is 621. The molecule has 0 saturated carbocycles. The smallest absolute Gasteiger partial charge is 0.330 e. The van der Waals surface area contributed by atoms with E-state index < -0.39 is 0 Å². The summed E-state index contributed by atoms with van der Waals surface area (Å²) < 4.78 is 10.3. The van der Waals surface area contributed by atoms with Crippen molar-refractivity contribution in [3.05, 3.63) is 35.0 Å². The van der Waals surface area contributed by atoms with Gasteiger partial charge in [-0.3, -0.25) is 4.79 Å². The van der Waals surface area contributed by atoms with Crippen molar-refractivity contribution in [3.63, 3.8) is 0 Å². The zero-order valence-corrected chi connectivity index (χ0v) is 20.8. The molecule has 0 amide bonds. The Morgan fingerprint density at radius 3 is 2.65 bits per heavy atom. The van der Waals surface area contributed by atoms with Gasteiger partial charge in [-0.2, -0.15) is 0 Å². The number of allylic oxidation sites excluding steroid dienone is 5. The maximum Gasteiger partial charge on any atom is 0.330 e. The molecule has 0 heterocycles. The second-order valence-corrected chi connectivity index (χ2v) is 9.46. The molecule has 1 rings (SSSR count). The van der Waals surface area contributed by atoms with Crippen molar-refractivity contribution < 1.29 is 19.1 Å². The first-order chi connectivity index (χ1) is 15.0. The molecule has 0 N–H and O–H groups in total. The molecule has 4 nitrogen and oxygen atoms in total. The highest BCUT2D eigenvalue weighted by molar-refractivity contribution is 8.03. The zero-order valence-electron chi connectivity index (χ0n) is 20.0. The van der Waals surface area contributed by atoms with Gasteiger partial charge in [-0.1, -0.05) is 58.3 Å². The Kier molecular flexibility index (Phi) is 15.2. The van der Waals surface area contributed by atoms with Crippen molar-refractivity contribution in [2.75, 3.05) is 12.9 Å². The summed E-state index contributed by atoms with van der Waals surface area (Å²) in [6.45, 7) is 6.59. The van der Waals surface area contributed by atoms with Crippen molar-refractivity contribution in [1.29, 1.82) is 0 Å². The quantitative estimate of drug-likeness (QED) is 0.106. The summed E-state index contributed by atoms with van der Waals surface area (Å²) in [4.78, 5) is 24.4. The van der Waals surface area contributed by atoms with Gasteiger partial charge in [0.15, 0.2) is 0 Å². The molecule has 2 atom stereocenters. The van der Waals surface area contributed by atoms with Crippen LogP contribution in [0.3, 0.4) is 0 Å². The first kappa shape index (κ1) is 27.5. The number of carbonyl (C=O) groups is 2. The summed E-state index contributed by atoms with van der Waals surface area (Å²) in [5.74, 6) is 2.51. The van der Waals surface area contributed by atoms with Crippen LogP contribution >= 0.6 is 11.8 Å². The minimum atomic E-state index is -0.314. The normalized spacial score (nSPS) is 17.6. The van der Waals surface area contributed by atoms with E-state index in [0.29, 0.717) is 12.3 Å².